The second-order valence-corrected chi connectivity index (χ2v) is 7.71. The van der Waals surface area contributed by atoms with Gasteiger partial charge in [-0.25, -0.2) is 4.68 Å². The summed E-state index contributed by atoms with van der Waals surface area (Å²) in [5, 5.41) is 6.54. The monoisotopic (exact) mass is 417 g/mol. The molecular formula is C24H23N3O4. The highest BCUT2D eigenvalue weighted by Crippen LogP contribution is 2.46. The van der Waals surface area contributed by atoms with E-state index in [2.05, 4.69) is 10.4 Å². The Balaban J connectivity index is 1.79. The quantitative estimate of drug-likeness (QED) is 0.675. The third-order valence-electron chi connectivity index (χ3n) is 6.00. The first-order valence-electron chi connectivity index (χ1n) is 10.3. The van der Waals surface area contributed by atoms with Gasteiger partial charge in [-0.2, -0.15) is 0 Å². The van der Waals surface area contributed by atoms with Gasteiger partial charge in [-0.3, -0.25) is 14.7 Å². The summed E-state index contributed by atoms with van der Waals surface area (Å²) >= 11 is 0. The van der Waals surface area contributed by atoms with Gasteiger partial charge in [-0.05, 0) is 43.2 Å². The number of Topliss-reactive ketones (excluding diaryl/α,β-unsaturated/α-hetero) is 1. The fraction of sp³-hybridized carbons (Fsp3) is 0.250. The Morgan fingerprint density at radius 1 is 1.00 bits per heavy atom. The first-order chi connectivity index (χ1) is 15.1. The zero-order valence-electron chi connectivity index (χ0n) is 17.4. The normalized spacial score (nSPS) is 17.6. The van der Waals surface area contributed by atoms with Crippen LogP contribution >= 0.6 is 0 Å². The molecule has 0 spiro atoms. The van der Waals surface area contributed by atoms with Crippen molar-refractivity contribution in [3.05, 3.63) is 81.3 Å². The lowest BCUT2D eigenvalue weighted by molar-refractivity contribution is -0.116. The van der Waals surface area contributed by atoms with Gasteiger partial charge in [0.15, 0.2) is 5.78 Å². The number of methoxy groups -OCH3 is 2. The number of ketones is 1. The maximum absolute atomic E-state index is 13.6. The van der Waals surface area contributed by atoms with E-state index in [9.17, 15) is 9.59 Å². The van der Waals surface area contributed by atoms with Gasteiger partial charge < -0.3 is 14.8 Å². The van der Waals surface area contributed by atoms with E-state index in [-0.39, 0.29) is 11.3 Å². The van der Waals surface area contributed by atoms with Crippen LogP contribution in [-0.2, 0) is 4.79 Å². The van der Waals surface area contributed by atoms with Crippen molar-refractivity contribution in [3.8, 4) is 17.2 Å². The second kappa shape index (κ2) is 7.50. The zero-order chi connectivity index (χ0) is 21.5. The molecule has 158 valence electrons. The number of allylic oxidation sites excluding steroid dienone is 2. The van der Waals surface area contributed by atoms with Crippen LogP contribution < -0.4 is 20.3 Å². The molecule has 2 N–H and O–H groups in total. The summed E-state index contributed by atoms with van der Waals surface area (Å²) in [4.78, 5) is 26.7. The Morgan fingerprint density at radius 3 is 2.55 bits per heavy atom. The molecule has 0 unspecified atom stereocenters. The maximum atomic E-state index is 13.6. The standard InChI is InChI=1S/C24H23N3O4/c1-30-15-11-12-19(31-2)16(13-15)20-21-17(9-6-10-18(21)28)25-23-22(20)24(29)27(26-23)14-7-4-3-5-8-14/h3-5,7-8,11-13,20,25-26H,6,9-10H2,1-2H3/t20-/m0/s1. The smallest absolute Gasteiger partial charge is 0.277 e. The lowest BCUT2D eigenvalue weighted by Gasteiger charge is -2.32. The Hall–Kier alpha value is -3.74. The van der Waals surface area contributed by atoms with Crippen molar-refractivity contribution >= 4 is 11.6 Å². The van der Waals surface area contributed by atoms with Crippen molar-refractivity contribution < 1.29 is 14.3 Å². The van der Waals surface area contributed by atoms with E-state index in [0.29, 0.717) is 34.9 Å². The number of nitrogens with zero attached hydrogens (tertiary/aromatic N) is 1. The number of fused-ring (bicyclic) bond motifs is 1. The summed E-state index contributed by atoms with van der Waals surface area (Å²) in [6.45, 7) is 0. The molecule has 2 aromatic carbocycles. The van der Waals surface area contributed by atoms with Gasteiger partial charge in [0.2, 0.25) is 0 Å². The minimum absolute atomic E-state index is 0.0566. The summed E-state index contributed by atoms with van der Waals surface area (Å²) < 4.78 is 12.6. The Kier molecular flexibility index (Phi) is 4.66. The molecule has 31 heavy (non-hydrogen) atoms. The SMILES string of the molecule is COc1ccc(OC)c([C@H]2C3=C(CCCC3=O)Nc3[nH]n(-c4ccccc4)c(=O)c32)c1. The van der Waals surface area contributed by atoms with Gasteiger partial charge in [0.1, 0.15) is 17.3 Å². The fourth-order valence-corrected chi connectivity index (χ4v) is 4.57. The van der Waals surface area contributed by atoms with Gasteiger partial charge in [0.05, 0.1) is 31.4 Å². The number of carbonyl (C=O) groups is 1. The van der Waals surface area contributed by atoms with Crippen LogP contribution in [0.5, 0.6) is 11.5 Å². The number of hydrogen-bond donors (Lipinski definition) is 2. The van der Waals surface area contributed by atoms with Crippen molar-refractivity contribution in [2.75, 3.05) is 19.5 Å². The van der Waals surface area contributed by atoms with Crippen molar-refractivity contribution in [1.82, 2.24) is 9.78 Å². The number of ether oxygens (including phenoxy) is 2. The number of aromatic nitrogens is 2. The largest absolute Gasteiger partial charge is 0.497 e. The topological polar surface area (TPSA) is 85.3 Å². The molecule has 5 rings (SSSR count). The summed E-state index contributed by atoms with van der Waals surface area (Å²) in [7, 11) is 3.18. The number of rotatable bonds is 4. The maximum Gasteiger partial charge on any atom is 0.277 e. The minimum Gasteiger partial charge on any atom is -0.497 e. The lowest BCUT2D eigenvalue weighted by Crippen LogP contribution is -2.30. The van der Waals surface area contributed by atoms with Gasteiger partial charge in [0.25, 0.3) is 5.56 Å². The lowest BCUT2D eigenvalue weighted by atomic mass is 9.76. The number of carbonyl (C=O) groups excluding carboxylic acids is 1. The van der Waals surface area contributed by atoms with Gasteiger partial charge in [-0.15, -0.1) is 0 Å². The van der Waals surface area contributed by atoms with Gasteiger partial charge in [0, 0.05) is 23.3 Å². The Bertz CT molecular complexity index is 1250. The summed E-state index contributed by atoms with van der Waals surface area (Å²) in [5.41, 5.74) is 3.27. The molecule has 7 heteroatoms. The number of anilines is 1. The molecule has 1 atom stereocenters. The molecular weight excluding hydrogens is 394 g/mol. The number of nitrogens with one attached hydrogen (secondary N) is 2. The van der Waals surface area contributed by atoms with Crippen LogP contribution in [0, 0.1) is 0 Å². The van der Waals surface area contributed by atoms with Crippen LogP contribution in [0.1, 0.15) is 36.3 Å². The van der Waals surface area contributed by atoms with Crippen molar-refractivity contribution in [2.45, 2.75) is 25.2 Å². The van der Waals surface area contributed by atoms with Crippen molar-refractivity contribution in [3.63, 3.8) is 0 Å². The van der Waals surface area contributed by atoms with E-state index in [1.54, 1.807) is 14.2 Å². The average molecular weight is 417 g/mol. The molecule has 0 bridgehead atoms. The van der Waals surface area contributed by atoms with Crippen LogP contribution in [0.4, 0.5) is 5.82 Å². The molecule has 1 aliphatic carbocycles. The molecule has 0 saturated heterocycles. The van der Waals surface area contributed by atoms with Crippen molar-refractivity contribution in [2.24, 2.45) is 0 Å². The fourth-order valence-electron chi connectivity index (χ4n) is 4.57. The zero-order valence-corrected chi connectivity index (χ0v) is 17.4. The van der Waals surface area contributed by atoms with E-state index in [1.807, 2.05) is 48.5 Å². The molecule has 1 aromatic heterocycles. The highest BCUT2D eigenvalue weighted by atomic mass is 16.5. The number of H-pyrrole nitrogens is 1. The van der Waals surface area contributed by atoms with Crippen LogP contribution in [0.15, 0.2) is 64.6 Å². The van der Waals surface area contributed by atoms with Crippen LogP contribution in [-0.4, -0.2) is 29.8 Å². The van der Waals surface area contributed by atoms with E-state index in [0.717, 1.165) is 29.8 Å². The summed E-state index contributed by atoms with van der Waals surface area (Å²) in [6.07, 6.45) is 2.00. The van der Waals surface area contributed by atoms with Crippen LogP contribution in [0.2, 0.25) is 0 Å². The first-order valence-corrected chi connectivity index (χ1v) is 10.3. The Labute approximate surface area is 179 Å². The van der Waals surface area contributed by atoms with Gasteiger partial charge >= 0.3 is 0 Å². The third-order valence-corrected chi connectivity index (χ3v) is 6.00. The van der Waals surface area contributed by atoms with E-state index in [1.165, 1.54) is 4.68 Å². The minimum atomic E-state index is -0.544. The van der Waals surface area contributed by atoms with E-state index < -0.39 is 5.92 Å². The Morgan fingerprint density at radius 2 is 1.81 bits per heavy atom. The van der Waals surface area contributed by atoms with Crippen LogP contribution in [0.3, 0.4) is 0 Å². The molecule has 1 aliphatic heterocycles. The molecule has 0 fully saturated rings. The van der Waals surface area contributed by atoms with Gasteiger partial charge in [-0.1, -0.05) is 18.2 Å². The van der Waals surface area contributed by atoms with Crippen LogP contribution in [0.25, 0.3) is 5.69 Å². The highest BCUT2D eigenvalue weighted by Gasteiger charge is 2.40. The second-order valence-electron chi connectivity index (χ2n) is 7.71. The van der Waals surface area contributed by atoms with E-state index >= 15 is 0 Å². The number of hydrogen-bond acceptors (Lipinski definition) is 5. The number of benzene rings is 2. The molecule has 2 aliphatic rings. The number of aromatic amines is 1. The average Bonchev–Trinajstić information content (AvgIpc) is 3.14. The van der Waals surface area contributed by atoms with Crippen molar-refractivity contribution in [1.29, 1.82) is 0 Å². The predicted octanol–water partition coefficient (Wildman–Crippen LogP) is 3.75. The van der Waals surface area contributed by atoms with E-state index in [4.69, 9.17) is 9.47 Å². The molecule has 0 amide bonds. The summed E-state index contributed by atoms with van der Waals surface area (Å²) in [5.74, 6) is 1.37. The first kappa shape index (κ1) is 19.2. The number of para-hydroxylation sites is 1. The molecule has 0 saturated carbocycles. The predicted molar refractivity (Wildman–Crippen MR) is 117 cm³/mol. The molecule has 7 nitrogen and oxygen atoms in total. The summed E-state index contributed by atoms with van der Waals surface area (Å²) in [6, 6.07) is 14.9. The third kappa shape index (κ3) is 3.04. The molecule has 2 heterocycles. The highest BCUT2D eigenvalue weighted by molar-refractivity contribution is 6.01. The molecule has 3 aromatic rings. The molecule has 0 radical (unpaired) electrons.